The van der Waals surface area contributed by atoms with Gasteiger partial charge in [0.05, 0.1) is 0 Å². The zero-order chi connectivity index (χ0) is 18.2. The summed E-state index contributed by atoms with van der Waals surface area (Å²) in [7, 11) is 1.88. The van der Waals surface area contributed by atoms with E-state index < -0.39 is 12.1 Å². The molecule has 0 fully saturated rings. The van der Waals surface area contributed by atoms with Gasteiger partial charge in [0, 0.05) is 13.1 Å². The molecule has 0 saturated heterocycles. The minimum Gasteiger partial charge on any atom is -0.338 e. The fourth-order valence-electron chi connectivity index (χ4n) is 2.70. The Balaban J connectivity index is 2.20. The van der Waals surface area contributed by atoms with E-state index >= 15 is 0 Å². The lowest BCUT2D eigenvalue weighted by Crippen LogP contribution is -2.45. The van der Waals surface area contributed by atoms with Crippen LogP contribution in [0.3, 0.4) is 0 Å². The topological polar surface area (TPSA) is 61.4 Å². The molecule has 0 aliphatic carbocycles. The maximum atomic E-state index is 12.7. The first-order chi connectivity index (χ1) is 12.0. The van der Waals surface area contributed by atoms with Crippen molar-refractivity contribution < 1.29 is 9.59 Å². The number of aryl methyl sites for hydroxylation is 1. The third-order valence-electron chi connectivity index (χ3n) is 3.93. The van der Waals surface area contributed by atoms with Crippen LogP contribution in [0.25, 0.3) is 0 Å². The van der Waals surface area contributed by atoms with Crippen LogP contribution in [0.1, 0.15) is 29.7 Å². The first kappa shape index (κ1) is 18.7. The summed E-state index contributed by atoms with van der Waals surface area (Å²) in [4.78, 5) is 26.4. The number of hydrogen-bond acceptors (Lipinski definition) is 3. The highest BCUT2D eigenvalue weighted by Gasteiger charge is 2.26. The highest BCUT2D eigenvalue weighted by molar-refractivity contribution is 5.97. The second-order valence-electron chi connectivity index (χ2n) is 6.06. The number of amides is 3. The van der Waals surface area contributed by atoms with Crippen LogP contribution in [0.2, 0.25) is 0 Å². The van der Waals surface area contributed by atoms with Gasteiger partial charge in [-0.3, -0.25) is 15.0 Å². The van der Waals surface area contributed by atoms with E-state index in [-0.39, 0.29) is 5.91 Å². The van der Waals surface area contributed by atoms with Crippen LogP contribution in [0, 0.1) is 6.92 Å². The Morgan fingerprint density at radius 1 is 1.04 bits per heavy atom. The lowest BCUT2D eigenvalue weighted by atomic mass is 10.0. The Morgan fingerprint density at radius 2 is 1.68 bits per heavy atom. The van der Waals surface area contributed by atoms with Crippen LogP contribution in [0.4, 0.5) is 4.79 Å². The average molecular weight is 339 g/mol. The number of carbonyl (C=O) groups is 2. The molecular formula is C20H25N3O2. The van der Waals surface area contributed by atoms with Gasteiger partial charge in [-0.15, -0.1) is 0 Å². The van der Waals surface area contributed by atoms with Gasteiger partial charge in [-0.2, -0.15) is 0 Å². The van der Waals surface area contributed by atoms with Gasteiger partial charge in [0.25, 0.3) is 0 Å². The lowest BCUT2D eigenvalue weighted by Gasteiger charge is -2.27. The second-order valence-corrected chi connectivity index (χ2v) is 6.06. The van der Waals surface area contributed by atoms with Crippen molar-refractivity contribution in [2.45, 2.75) is 26.4 Å². The fourth-order valence-corrected chi connectivity index (χ4v) is 2.70. The summed E-state index contributed by atoms with van der Waals surface area (Å²) < 4.78 is 0. The van der Waals surface area contributed by atoms with E-state index in [1.807, 2.05) is 56.1 Å². The van der Waals surface area contributed by atoms with Gasteiger partial charge in [-0.05, 0) is 32.0 Å². The smallest absolute Gasteiger partial charge is 0.321 e. The molecule has 0 aliphatic rings. The fraction of sp³-hybridized carbons (Fsp3) is 0.300. The maximum absolute atomic E-state index is 12.7. The Labute approximate surface area is 149 Å². The number of nitrogens with zero attached hydrogens (tertiary/aromatic N) is 1. The molecule has 5 heteroatoms. The van der Waals surface area contributed by atoms with Gasteiger partial charge in [-0.25, -0.2) is 4.79 Å². The van der Waals surface area contributed by atoms with Crippen molar-refractivity contribution in [2.24, 2.45) is 0 Å². The van der Waals surface area contributed by atoms with Crippen LogP contribution in [-0.2, 0) is 11.3 Å². The monoisotopic (exact) mass is 339 g/mol. The quantitative estimate of drug-likeness (QED) is 0.850. The zero-order valence-electron chi connectivity index (χ0n) is 15.0. The summed E-state index contributed by atoms with van der Waals surface area (Å²) in [5, 5.41) is 5.01. The highest BCUT2D eigenvalue weighted by atomic mass is 16.2. The molecule has 2 aromatic carbocycles. The van der Waals surface area contributed by atoms with E-state index in [1.165, 1.54) is 5.56 Å². The molecule has 3 amide bonds. The standard InChI is InChI=1S/C20H25N3O2/c1-4-21-20(25)22-19(24)18(17-8-6-5-7-9-17)23(3)14-16-12-10-15(2)11-13-16/h5-13,18H,4,14H2,1-3H3,(H2,21,22,24,25)/t18-/m0/s1. The van der Waals surface area contributed by atoms with E-state index in [4.69, 9.17) is 0 Å². The molecule has 0 unspecified atom stereocenters. The minimum absolute atomic E-state index is 0.341. The van der Waals surface area contributed by atoms with E-state index in [2.05, 4.69) is 34.9 Å². The molecule has 0 spiro atoms. The average Bonchev–Trinajstić information content (AvgIpc) is 2.58. The van der Waals surface area contributed by atoms with Crippen molar-refractivity contribution in [2.75, 3.05) is 13.6 Å². The Hall–Kier alpha value is -2.66. The van der Waals surface area contributed by atoms with E-state index in [0.717, 1.165) is 11.1 Å². The maximum Gasteiger partial charge on any atom is 0.321 e. The molecule has 2 N–H and O–H groups in total. The van der Waals surface area contributed by atoms with Gasteiger partial charge in [0.15, 0.2) is 0 Å². The molecule has 0 heterocycles. The lowest BCUT2D eigenvalue weighted by molar-refractivity contribution is -0.125. The number of carbonyl (C=O) groups excluding carboxylic acids is 2. The highest BCUT2D eigenvalue weighted by Crippen LogP contribution is 2.21. The first-order valence-electron chi connectivity index (χ1n) is 8.40. The molecule has 0 aromatic heterocycles. The minimum atomic E-state index is -0.551. The van der Waals surface area contributed by atoms with Crippen LogP contribution in [-0.4, -0.2) is 30.4 Å². The van der Waals surface area contributed by atoms with Crippen LogP contribution >= 0.6 is 0 Å². The molecule has 2 aromatic rings. The Bertz CT molecular complexity index is 699. The van der Waals surface area contributed by atoms with Crippen molar-refractivity contribution in [3.8, 4) is 0 Å². The molecule has 1 atom stereocenters. The van der Waals surface area contributed by atoms with Crippen molar-refractivity contribution in [1.29, 1.82) is 0 Å². The van der Waals surface area contributed by atoms with Crippen molar-refractivity contribution >= 4 is 11.9 Å². The summed E-state index contributed by atoms with van der Waals surface area (Å²) >= 11 is 0. The van der Waals surface area contributed by atoms with Gasteiger partial charge in [-0.1, -0.05) is 60.2 Å². The first-order valence-corrected chi connectivity index (χ1v) is 8.40. The van der Waals surface area contributed by atoms with E-state index in [9.17, 15) is 9.59 Å². The molecular weight excluding hydrogens is 314 g/mol. The van der Waals surface area contributed by atoms with Gasteiger partial charge < -0.3 is 5.32 Å². The van der Waals surface area contributed by atoms with Crippen LogP contribution < -0.4 is 10.6 Å². The van der Waals surface area contributed by atoms with E-state index in [0.29, 0.717) is 13.1 Å². The number of imide groups is 1. The summed E-state index contributed by atoms with van der Waals surface area (Å²) in [6.07, 6.45) is 0. The largest absolute Gasteiger partial charge is 0.338 e. The number of nitrogens with one attached hydrogen (secondary N) is 2. The van der Waals surface area contributed by atoms with Gasteiger partial charge >= 0.3 is 6.03 Å². The SMILES string of the molecule is CCNC(=O)NC(=O)[C@H](c1ccccc1)N(C)Cc1ccc(C)cc1. The molecule has 25 heavy (non-hydrogen) atoms. The zero-order valence-corrected chi connectivity index (χ0v) is 15.0. The number of hydrogen-bond donors (Lipinski definition) is 2. The second kappa shape index (κ2) is 8.99. The number of likely N-dealkylation sites (N-methyl/N-ethyl adjacent to an activating group) is 1. The third-order valence-corrected chi connectivity index (χ3v) is 3.93. The molecule has 0 radical (unpaired) electrons. The molecule has 2 rings (SSSR count). The summed E-state index contributed by atoms with van der Waals surface area (Å²) in [6.45, 7) is 4.92. The predicted octanol–water partition coefficient (Wildman–Crippen LogP) is 3.01. The summed E-state index contributed by atoms with van der Waals surface area (Å²) in [5.74, 6) is -0.341. The molecule has 0 saturated carbocycles. The van der Waals surface area contributed by atoms with Crippen molar-refractivity contribution in [3.63, 3.8) is 0 Å². The number of urea groups is 1. The number of benzene rings is 2. The Morgan fingerprint density at radius 3 is 2.28 bits per heavy atom. The Kier molecular flexibility index (Phi) is 6.71. The summed E-state index contributed by atoms with van der Waals surface area (Å²) in [6, 6.07) is 16.7. The van der Waals surface area contributed by atoms with E-state index in [1.54, 1.807) is 0 Å². The van der Waals surface area contributed by atoms with Crippen molar-refractivity contribution in [1.82, 2.24) is 15.5 Å². The molecule has 132 valence electrons. The molecule has 0 aliphatic heterocycles. The normalized spacial score (nSPS) is 11.8. The van der Waals surface area contributed by atoms with Crippen molar-refractivity contribution in [3.05, 3.63) is 71.3 Å². The van der Waals surface area contributed by atoms with Gasteiger partial charge in [0.2, 0.25) is 5.91 Å². The van der Waals surface area contributed by atoms with Gasteiger partial charge in [0.1, 0.15) is 6.04 Å². The van der Waals surface area contributed by atoms with Crippen LogP contribution in [0.5, 0.6) is 0 Å². The molecule has 5 nitrogen and oxygen atoms in total. The number of rotatable bonds is 6. The van der Waals surface area contributed by atoms with Crippen LogP contribution in [0.15, 0.2) is 54.6 Å². The summed E-state index contributed by atoms with van der Waals surface area (Å²) in [5.41, 5.74) is 3.15. The third kappa shape index (κ3) is 5.43. The molecule has 0 bridgehead atoms. The predicted molar refractivity (Wildman–Crippen MR) is 99.0 cm³/mol.